The van der Waals surface area contributed by atoms with Crippen molar-refractivity contribution >= 4 is 147 Å². The summed E-state index contributed by atoms with van der Waals surface area (Å²) in [4.78, 5) is 53.1. The van der Waals surface area contributed by atoms with E-state index in [0.29, 0.717) is 29.2 Å². The number of hydrogen-bond donors (Lipinski definition) is 7. The van der Waals surface area contributed by atoms with Gasteiger partial charge in [-0.1, -0.05) is 56.3 Å². The molecule has 15 rings (SSSR count). The number of aromatic amines is 3. The molecular formula is C50H50BBr3ClIN10O4. The number of nitrogens with one attached hydrogen (secondary N) is 5. The predicted molar refractivity (Wildman–Crippen MR) is 296 cm³/mol. The molecule has 0 bridgehead atoms. The molecule has 8 aromatic heterocycles. The molecule has 0 atom stereocenters. The summed E-state index contributed by atoms with van der Waals surface area (Å²) in [6.45, 7) is 0. The van der Waals surface area contributed by atoms with E-state index >= 15 is 0 Å². The van der Waals surface area contributed by atoms with Crippen LogP contribution in [0.15, 0.2) is 96.4 Å². The summed E-state index contributed by atoms with van der Waals surface area (Å²) in [6, 6.07) is 16.6. The molecule has 14 nitrogen and oxygen atoms in total. The third-order valence-corrected chi connectivity index (χ3v) is 15.1. The van der Waals surface area contributed by atoms with E-state index in [1.165, 1.54) is 103 Å². The molecule has 7 aliphatic rings. The zero-order valence-electron chi connectivity index (χ0n) is 38.7. The van der Waals surface area contributed by atoms with E-state index in [1.807, 2.05) is 55.4 Å². The summed E-state index contributed by atoms with van der Waals surface area (Å²) in [6.07, 6.45) is 26.1. The van der Waals surface area contributed by atoms with Crippen molar-refractivity contribution in [3.63, 3.8) is 0 Å². The number of halogens is 5. The fourth-order valence-corrected chi connectivity index (χ4v) is 9.44. The first-order chi connectivity index (χ1) is 34.3. The van der Waals surface area contributed by atoms with Gasteiger partial charge in [0.1, 0.15) is 34.3 Å². The van der Waals surface area contributed by atoms with Gasteiger partial charge in [-0.05, 0) is 168 Å². The van der Waals surface area contributed by atoms with Gasteiger partial charge < -0.3 is 35.6 Å². The van der Waals surface area contributed by atoms with Crippen molar-refractivity contribution in [2.75, 3.05) is 10.6 Å². The molecule has 0 radical (unpaired) electrons. The molecule has 2 amide bonds. The van der Waals surface area contributed by atoms with E-state index in [-0.39, 0.29) is 17.6 Å². The maximum atomic E-state index is 11.6. The highest BCUT2D eigenvalue weighted by Crippen LogP contribution is 2.49. The summed E-state index contributed by atoms with van der Waals surface area (Å²) < 4.78 is 5.94. The van der Waals surface area contributed by atoms with Gasteiger partial charge in [-0.2, -0.15) is 0 Å². The second kappa shape index (κ2) is 21.9. The number of hydrogen-bond acceptors (Lipinski definition) is 9. The lowest BCUT2D eigenvalue weighted by molar-refractivity contribution is -0.116. The van der Waals surface area contributed by atoms with Crippen LogP contribution in [0.1, 0.15) is 121 Å². The number of nitrogens with zero attached hydrogens (tertiary/aromatic N) is 5. The van der Waals surface area contributed by atoms with E-state index in [2.05, 4.69) is 129 Å². The Balaban J connectivity index is 0.000000106. The van der Waals surface area contributed by atoms with Gasteiger partial charge in [0.25, 0.3) is 5.91 Å². The molecule has 0 saturated heterocycles. The van der Waals surface area contributed by atoms with Crippen LogP contribution in [-0.4, -0.2) is 69.4 Å². The number of alkyl halides is 2. The van der Waals surface area contributed by atoms with E-state index < -0.39 is 10.4 Å². The molecule has 70 heavy (non-hydrogen) atoms. The number of aromatic nitrogens is 8. The largest absolute Gasteiger partial charge is 0.454 e. The molecular weight excluding hydrogens is 1220 g/mol. The quantitative estimate of drug-likeness (QED) is 0.0496. The number of carbonyl (C=O) groups is 2. The Hall–Kier alpha value is -4.25. The van der Waals surface area contributed by atoms with Crippen molar-refractivity contribution in [3.05, 3.63) is 135 Å². The van der Waals surface area contributed by atoms with Crippen LogP contribution in [0.25, 0.3) is 33.1 Å². The van der Waals surface area contributed by atoms with Crippen molar-refractivity contribution in [2.24, 2.45) is 0 Å². The highest BCUT2D eigenvalue weighted by atomic mass is 127. The zero-order valence-corrected chi connectivity index (χ0v) is 45.4. The lowest BCUT2D eigenvalue weighted by atomic mass is 9.84. The summed E-state index contributed by atoms with van der Waals surface area (Å²) in [5.74, 6) is 4.50. The minimum atomic E-state index is -1.04. The Kier molecular flexibility index (Phi) is 15.4. The minimum Gasteiger partial charge on any atom is -0.427 e. The second-order valence-electron chi connectivity index (χ2n) is 18.6. The molecule has 5 saturated carbocycles. The van der Waals surface area contributed by atoms with E-state index in [0.717, 1.165) is 73.8 Å². The Morgan fingerprint density at radius 2 is 1.13 bits per heavy atom. The summed E-state index contributed by atoms with van der Waals surface area (Å²) in [5.41, 5.74) is 10.1. The van der Waals surface area contributed by atoms with Gasteiger partial charge in [-0.3, -0.25) is 9.59 Å². The van der Waals surface area contributed by atoms with Crippen molar-refractivity contribution < 1.29 is 19.6 Å². The van der Waals surface area contributed by atoms with Crippen molar-refractivity contribution in [3.8, 4) is 0 Å². The van der Waals surface area contributed by atoms with Gasteiger partial charge in [0, 0.05) is 75.1 Å². The SMILES string of the molecule is Brc1cnc2[nH]ccc2c1.Clc1cc2cc(C3CC3)cnc2[nH]1.O=C1Cc2cc(C3CC3)cnc2N1.O=C1Nc2ncc(C3CC3)cc2C1(Br)Br.OB(O)C1CC1.[2H]I.c1cc2cc(C3CC3)cnc2[nH]1. The molecule has 5 fully saturated rings. The maximum Gasteiger partial charge on any atom is 0.454 e. The second-order valence-corrected chi connectivity index (χ2v) is 23.4. The van der Waals surface area contributed by atoms with E-state index in [9.17, 15) is 9.59 Å². The predicted octanol–water partition coefficient (Wildman–Crippen LogP) is 12.4. The fourth-order valence-electron chi connectivity index (χ4n) is 8.08. The lowest BCUT2D eigenvalue weighted by Crippen LogP contribution is -2.20. The first-order valence-corrected chi connectivity index (χ1v) is 26.1. The minimum absolute atomic E-state index is 0.0652. The van der Waals surface area contributed by atoms with Crippen LogP contribution in [0.5, 0.6) is 0 Å². The number of rotatable bonds is 5. The van der Waals surface area contributed by atoms with Crippen molar-refractivity contribution in [1.82, 2.24) is 39.9 Å². The van der Waals surface area contributed by atoms with Gasteiger partial charge in [0.15, 0.2) is 3.23 Å². The number of amides is 2. The monoisotopic (exact) mass is 1270 g/mol. The molecule has 10 heterocycles. The zero-order chi connectivity index (χ0) is 49.8. The third-order valence-electron chi connectivity index (χ3n) is 12.8. The molecule has 20 heteroatoms. The number of fused-ring (bicyclic) bond motifs is 5. The first kappa shape index (κ1) is 49.3. The molecule has 0 aromatic carbocycles. The van der Waals surface area contributed by atoms with Crippen LogP contribution in [0.3, 0.4) is 0 Å². The molecule has 5 aliphatic carbocycles. The highest BCUT2D eigenvalue weighted by molar-refractivity contribution is 14.0. The van der Waals surface area contributed by atoms with Gasteiger partial charge in [0.05, 0.1) is 6.42 Å². The summed E-state index contributed by atoms with van der Waals surface area (Å²) in [5, 5.41) is 26.1. The Morgan fingerprint density at radius 3 is 1.69 bits per heavy atom. The molecule has 0 unspecified atom stereocenters. The number of H-pyrrole nitrogens is 3. The van der Waals surface area contributed by atoms with Crippen LogP contribution in [-0.2, 0) is 19.2 Å². The van der Waals surface area contributed by atoms with E-state index in [1.54, 1.807) is 6.20 Å². The number of carbonyl (C=O) groups excluding carboxylic acids is 2. The van der Waals surface area contributed by atoms with Gasteiger partial charge in [-0.25, -0.2) is 24.9 Å². The average Bonchev–Trinajstić information content (AvgIpc) is 4.12. The fraction of sp³-hybridized carbons (Fsp3) is 0.340. The standard InChI is InChI=1S/C10H8Br2N2O.C10H9ClN2.C10H10N2O.C10H10N2.C7H5BrN2.C3H7BO2.HI/c11-10(12)7-3-6(5-1-2-5)4-13-8(7)14-9(10)15;11-9-4-7-3-8(6-1-2-6)5-12-10(7)13-9;13-9-4-7-3-8(6-1-2-6)5-11-10(7)12-9;1-2-7(1)9-5-8-3-4-11-10(8)12-6-9;8-6-3-5-1-2-9-7(5)10-4-6;5-4(6)3-1-2-3;/h3-5H,1-2H2,(H,13,14,15);3-6H,1-2H2,(H,12,13);3,5-6H,1-2,4H2,(H,11,12,13);3-7H,1-2H2,(H,11,12);1-4H,(H,9,10);3,5-6H,1-2H2;1H/i/hD. The number of pyridine rings is 5. The average molecular weight is 1270 g/mol. The Morgan fingerprint density at radius 1 is 0.629 bits per heavy atom. The molecule has 2 aliphatic heterocycles. The van der Waals surface area contributed by atoms with Crippen LogP contribution >= 0.6 is 83.2 Å². The van der Waals surface area contributed by atoms with Crippen LogP contribution in [0.4, 0.5) is 11.6 Å². The van der Waals surface area contributed by atoms with Crippen molar-refractivity contribution in [1.29, 1.82) is 0.594 Å². The maximum absolute atomic E-state index is 11.6. The summed E-state index contributed by atoms with van der Waals surface area (Å²) >= 11 is 17.3. The lowest BCUT2D eigenvalue weighted by Gasteiger charge is -2.10. The van der Waals surface area contributed by atoms with Gasteiger partial charge in [-0.15, -0.1) is 23.8 Å². The van der Waals surface area contributed by atoms with Crippen LogP contribution in [0.2, 0.25) is 11.0 Å². The Bertz CT molecular complexity index is 3180. The number of anilines is 2. The first-order valence-electron chi connectivity index (χ1n) is 23.7. The topological polar surface area (TPSA) is 210 Å². The van der Waals surface area contributed by atoms with Crippen molar-refractivity contribution in [2.45, 2.75) is 103 Å². The third kappa shape index (κ3) is 12.9. The van der Waals surface area contributed by atoms with Gasteiger partial charge in [0.2, 0.25) is 5.91 Å². The smallest absolute Gasteiger partial charge is 0.427 e. The molecule has 7 N–H and O–H groups in total. The highest BCUT2D eigenvalue weighted by Gasteiger charge is 2.44. The molecule has 362 valence electrons. The summed E-state index contributed by atoms with van der Waals surface area (Å²) in [7, 11) is -1.04. The van der Waals surface area contributed by atoms with Crippen LogP contribution in [0, 0.1) is 0 Å². The molecule has 8 aromatic rings. The van der Waals surface area contributed by atoms with E-state index in [4.69, 9.17) is 22.2 Å². The van der Waals surface area contributed by atoms with Crippen LogP contribution < -0.4 is 10.6 Å². The Labute approximate surface area is 452 Å². The molecule has 0 spiro atoms. The van der Waals surface area contributed by atoms with Gasteiger partial charge >= 0.3 is 7.12 Å². The normalized spacial score (nSPS) is 17.9.